The maximum absolute atomic E-state index is 6.15. The van der Waals surface area contributed by atoms with Gasteiger partial charge in [0.25, 0.3) is 0 Å². The molecule has 1 aromatic rings. The first-order valence-corrected chi connectivity index (χ1v) is 5.68. The number of hydrogen-bond donors (Lipinski definition) is 1. The van der Waals surface area contributed by atoms with E-state index < -0.39 is 0 Å². The monoisotopic (exact) mass is 220 g/mol. The van der Waals surface area contributed by atoms with E-state index >= 15 is 0 Å². The van der Waals surface area contributed by atoms with Crippen molar-refractivity contribution < 1.29 is 0 Å². The molecule has 2 rings (SSSR count). The Bertz CT molecular complexity index is 398. The molecule has 4 heteroatoms. The SMILES string of the molecule is CN(C)c1ncc2c(n1)CC(C)(C)CC2N. The fraction of sp³-hybridized carbons (Fsp3) is 0.667. The van der Waals surface area contributed by atoms with Gasteiger partial charge in [-0.2, -0.15) is 0 Å². The molecule has 1 aromatic heterocycles. The van der Waals surface area contributed by atoms with Crippen LogP contribution in [0, 0.1) is 5.41 Å². The van der Waals surface area contributed by atoms with Gasteiger partial charge in [0.05, 0.1) is 5.69 Å². The van der Waals surface area contributed by atoms with Crippen molar-refractivity contribution in [3.05, 3.63) is 17.5 Å². The molecule has 2 N–H and O–H groups in total. The Labute approximate surface area is 96.9 Å². The Balaban J connectivity index is 2.42. The number of rotatable bonds is 1. The van der Waals surface area contributed by atoms with Crippen LogP contribution in [0.4, 0.5) is 5.95 Å². The van der Waals surface area contributed by atoms with Gasteiger partial charge in [0, 0.05) is 31.9 Å². The Morgan fingerprint density at radius 2 is 2.12 bits per heavy atom. The highest BCUT2D eigenvalue weighted by molar-refractivity contribution is 5.34. The van der Waals surface area contributed by atoms with Crippen molar-refractivity contribution in [2.24, 2.45) is 11.1 Å². The quantitative estimate of drug-likeness (QED) is 0.779. The van der Waals surface area contributed by atoms with Crippen LogP contribution in [-0.2, 0) is 6.42 Å². The van der Waals surface area contributed by atoms with Gasteiger partial charge in [0.1, 0.15) is 0 Å². The Kier molecular flexibility index (Phi) is 2.62. The summed E-state index contributed by atoms with van der Waals surface area (Å²) in [6.45, 7) is 4.49. The van der Waals surface area contributed by atoms with Crippen molar-refractivity contribution in [2.45, 2.75) is 32.7 Å². The van der Waals surface area contributed by atoms with Crippen LogP contribution in [0.2, 0.25) is 0 Å². The molecule has 0 amide bonds. The van der Waals surface area contributed by atoms with E-state index in [2.05, 4.69) is 23.8 Å². The molecule has 4 nitrogen and oxygen atoms in total. The molecule has 0 radical (unpaired) electrons. The first-order chi connectivity index (χ1) is 7.39. The summed E-state index contributed by atoms with van der Waals surface area (Å²) in [5.74, 6) is 0.767. The van der Waals surface area contributed by atoms with Gasteiger partial charge in [-0.1, -0.05) is 13.8 Å². The molecule has 88 valence electrons. The molecule has 0 saturated heterocycles. The molecule has 1 heterocycles. The molecule has 1 unspecified atom stereocenters. The van der Waals surface area contributed by atoms with E-state index in [4.69, 9.17) is 5.73 Å². The third-order valence-corrected chi connectivity index (χ3v) is 3.11. The summed E-state index contributed by atoms with van der Waals surface area (Å²) in [4.78, 5) is 10.8. The lowest BCUT2D eigenvalue weighted by atomic mass is 9.74. The van der Waals surface area contributed by atoms with Crippen LogP contribution < -0.4 is 10.6 Å². The zero-order valence-corrected chi connectivity index (χ0v) is 10.5. The molecular formula is C12H20N4. The van der Waals surface area contributed by atoms with E-state index in [1.165, 1.54) is 0 Å². The fourth-order valence-electron chi connectivity index (χ4n) is 2.31. The molecule has 0 spiro atoms. The van der Waals surface area contributed by atoms with E-state index in [-0.39, 0.29) is 11.5 Å². The highest BCUT2D eigenvalue weighted by atomic mass is 15.2. The molecule has 1 aliphatic rings. The molecule has 0 bridgehead atoms. The standard InChI is InChI=1S/C12H20N4/c1-12(2)5-9(13)8-7-14-11(16(3)4)15-10(8)6-12/h7,9H,5-6,13H2,1-4H3. The lowest BCUT2D eigenvalue weighted by molar-refractivity contribution is 0.278. The molecule has 0 aromatic carbocycles. The van der Waals surface area contributed by atoms with Gasteiger partial charge < -0.3 is 10.6 Å². The second kappa shape index (κ2) is 3.70. The van der Waals surface area contributed by atoms with Crippen LogP contribution in [0.25, 0.3) is 0 Å². The minimum atomic E-state index is 0.0787. The third kappa shape index (κ3) is 2.02. The highest BCUT2D eigenvalue weighted by Crippen LogP contribution is 2.38. The summed E-state index contributed by atoms with van der Waals surface area (Å²) in [5, 5.41) is 0. The zero-order chi connectivity index (χ0) is 11.9. The number of nitrogens with zero attached hydrogens (tertiary/aromatic N) is 3. The second-order valence-electron chi connectivity index (χ2n) is 5.62. The Hall–Kier alpha value is -1.16. The minimum Gasteiger partial charge on any atom is -0.347 e. The zero-order valence-electron chi connectivity index (χ0n) is 10.5. The summed E-state index contributed by atoms with van der Waals surface area (Å²) in [7, 11) is 3.91. The lowest BCUT2D eigenvalue weighted by Gasteiger charge is -2.34. The van der Waals surface area contributed by atoms with Crippen molar-refractivity contribution in [3.8, 4) is 0 Å². The fourth-order valence-corrected chi connectivity index (χ4v) is 2.31. The largest absolute Gasteiger partial charge is 0.347 e. The van der Waals surface area contributed by atoms with Gasteiger partial charge >= 0.3 is 0 Å². The van der Waals surface area contributed by atoms with E-state index in [1.54, 1.807) is 0 Å². The summed E-state index contributed by atoms with van der Waals surface area (Å²) in [6.07, 6.45) is 3.88. The topological polar surface area (TPSA) is 55.0 Å². The summed E-state index contributed by atoms with van der Waals surface area (Å²) in [5.41, 5.74) is 8.62. The third-order valence-electron chi connectivity index (χ3n) is 3.11. The van der Waals surface area contributed by atoms with Crippen LogP contribution in [0.3, 0.4) is 0 Å². The highest BCUT2D eigenvalue weighted by Gasteiger charge is 2.31. The summed E-state index contributed by atoms with van der Waals surface area (Å²) in [6, 6.07) is 0.0787. The van der Waals surface area contributed by atoms with Gasteiger partial charge in [-0.05, 0) is 18.3 Å². The first kappa shape index (κ1) is 11.3. The Morgan fingerprint density at radius 3 is 2.75 bits per heavy atom. The second-order valence-corrected chi connectivity index (χ2v) is 5.62. The number of hydrogen-bond acceptors (Lipinski definition) is 4. The van der Waals surface area contributed by atoms with E-state index in [0.717, 1.165) is 30.0 Å². The molecule has 1 aliphatic carbocycles. The van der Waals surface area contributed by atoms with E-state index in [1.807, 2.05) is 25.2 Å². The number of aromatic nitrogens is 2. The predicted octanol–water partition coefficient (Wildman–Crippen LogP) is 1.51. The number of anilines is 1. The maximum Gasteiger partial charge on any atom is 0.225 e. The van der Waals surface area contributed by atoms with Gasteiger partial charge in [-0.25, -0.2) is 9.97 Å². The molecule has 0 saturated carbocycles. The Morgan fingerprint density at radius 1 is 1.44 bits per heavy atom. The summed E-state index contributed by atoms with van der Waals surface area (Å²) < 4.78 is 0. The predicted molar refractivity (Wildman–Crippen MR) is 65.4 cm³/mol. The van der Waals surface area contributed by atoms with Crippen LogP contribution in [0.5, 0.6) is 0 Å². The van der Waals surface area contributed by atoms with Crippen molar-refractivity contribution in [2.75, 3.05) is 19.0 Å². The van der Waals surface area contributed by atoms with E-state index in [0.29, 0.717) is 0 Å². The molecule has 0 fully saturated rings. The van der Waals surface area contributed by atoms with Gasteiger partial charge in [-0.15, -0.1) is 0 Å². The number of fused-ring (bicyclic) bond motifs is 1. The first-order valence-electron chi connectivity index (χ1n) is 5.68. The van der Waals surface area contributed by atoms with Crippen LogP contribution in [0.1, 0.15) is 37.6 Å². The van der Waals surface area contributed by atoms with Crippen LogP contribution >= 0.6 is 0 Å². The van der Waals surface area contributed by atoms with Crippen molar-refractivity contribution in [3.63, 3.8) is 0 Å². The van der Waals surface area contributed by atoms with Crippen molar-refractivity contribution in [1.82, 2.24) is 9.97 Å². The smallest absolute Gasteiger partial charge is 0.225 e. The summed E-state index contributed by atoms with van der Waals surface area (Å²) >= 11 is 0. The van der Waals surface area contributed by atoms with Gasteiger partial charge in [0.2, 0.25) is 5.95 Å². The van der Waals surface area contributed by atoms with Crippen LogP contribution in [-0.4, -0.2) is 24.1 Å². The lowest BCUT2D eigenvalue weighted by Crippen LogP contribution is -2.31. The normalized spacial score (nSPS) is 22.7. The van der Waals surface area contributed by atoms with Crippen LogP contribution in [0.15, 0.2) is 6.20 Å². The average Bonchev–Trinajstić information content (AvgIpc) is 2.14. The van der Waals surface area contributed by atoms with Crippen molar-refractivity contribution in [1.29, 1.82) is 0 Å². The molecule has 0 aliphatic heterocycles. The average molecular weight is 220 g/mol. The maximum atomic E-state index is 6.15. The van der Waals surface area contributed by atoms with Gasteiger partial charge in [-0.3, -0.25) is 0 Å². The molecule has 16 heavy (non-hydrogen) atoms. The van der Waals surface area contributed by atoms with Crippen molar-refractivity contribution >= 4 is 5.95 Å². The van der Waals surface area contributed by atoms with E-state index in [9.17, 15) is 0 Å². The minimum absolute atomic E-state index is 0.0787. The molecular weight excluding hydrogens is 200 g/mol. The number of nitrogens with two attached hydrogens (primary N) is 1. The molecule has 1 atom stereocenters. The van der Waals surface area contributed by atoms with Gasteiger partial charge in [0.15, 0.2) is 0 Å².